The number of rotatable bonds is 5. The Hall–Kier alpha value is -2.04. The van der Waals surface area contributed by atoms with Crippen LogP contribution in [-0.2, 0) is 19.6 Å². The van der Waals surface area contributed by atoms with Gasteiger partial charge in [0.2, 0.25) is 10.0 Å². The molecule has 114 valence electrons. The van der Waals surface area contributed by atoms with Crippen LogP contribution in [-0.4, -0.2) is 38.5 Å². The van der Waals surface area contributed by atoms with Gasteiger partial charge in [-0.3, -0.25) is 9.52 Å². The van der Waals surface area contributed by atoms with Gasteiger partial charge in [-0.1, -0.05) is 17.9 Å². The largest absolute Gasteiger partial charge is 0.465 e. The first-order valence-electron chi connectivity index (χ1n) is 6.24. The zero-order valence-electron chi connectivity index (χ0n) is 11.8. The first-order chi connectivity index (χ1) is 9.88. The van der Waals surface area contributed by atoms with Crippen LogP contribution in [0.25, 0.3) is 0 Å². The smallest absolute Gasteiger partial charge is 0.323 e. The predicted molar refractivity (Wildman–Crippen MR) is 79.2 cm³/mol. The summed E-state index contributed by atoms with van der Waals surface area (Å²) < 4.78 is 30.5. The number of hydrogen-bond acceptors (Lipinski definition) is 5. The zero-order valence-corrected chi connectivity index (χ0v) is 12.7. The molecular formula is C14H17NO5S. The van der Waals surface area contributed by atoms with E-state index in [0.717, 1.165) is 5.56 Å². The summed E-state index contributed by atoms with van der Waals surface area (Å²) in [5.41, 5.74) is 1.75. The Balaban J connectivity index is 2.90. The lowest BCUT2D eigenvalue weighted by Gasteiger charge is -2.09. The lowest BCUT2D eigenvalue weighted by molar-refractivity contribution is -0.139. The number of anilines is 1. The van der Waals surface area contributed by atoms with E-state index in [1.54, 1.807) is 25.1 Å². The van der Waals surface area contributed by atoms with Crippen molar-refractivity contribution in [1.29, 1.82) is 0 Å². The van der Waals surface area contributed by atoms with Crippen molar-refractivity contribution in [3.63, 3.8) is 0 Å². The average molecular weight is 311 g/mol. The molecule has 2 N–H and O–H groups in total. The second kappa shape index (κ2) is 7.67. The van der Waals surface area contributed by atoms with E-state index in [0.29, 0.717) is 11.3 Å². The molecule has 0 atom stereocenters. The Morgan fingerprint density at radius 2 is 2.14 bits per heavy atom. The van der Waals surface area contributed by atoms with E-state index in [4.69, 9.17) is 5.11 Å². The number of aryl methyl sites for hydroxylation is 1. The zero-order chi connectivity index (χ0) is 15.9. The summed E-state index contributed by atoms with van der Waals surface area (Å²) in [6, 6.07) is 4.81. The first-order valence-corrected chi connectivity index (χ1v) is 7.89. The number of carbonyl (C=O) groups excluding carboxylic acids is 1. The number of hydrogen-bond donors (Lipinski definition) is 2. The maximum Gasteiger partial charge on any atom is 0.323 e. The highest BCUT2D eigenvalue weighted by Crippen LogP contribution is 2.16. The number of benzene rings is 1. The SMILES string of the molecule is CCOC(=O)CS(=O)(=O)Nc1ccc(C)c(C#CCO)c1. The monoisotopic (exact) mass is 311 g/mol. The van der Waals surface area contributed by atoms with Crippen molar-refractivity contribution in [3.05, 3.63) is 29.3 Å². The van der Waals surface area contributed by atoms with Crippen molar-refractivity contribution in [1.82, 2.24) is 0 Å². The molecule has 0 aromatic heterocycles. The first kappa shape index (κ1) is 17.0. The second-order valence-corrected chi connectivity index (χ2v) is 5.88. The van der Waals surface area contributed by atoms with Gasteiger partial charge in [-0.05, 0) is 31.5 Å². The second-order valence-electron chi connectivity index (χ2n) is 4.16. The Morgan fingerprint density at radius 1 is 1.43 bits per heavy atom. The van der Waals surface area contributed by atoms with Gasteiger partial charge < -0.3 is 9.84 Å². The van der Waals surface area contributed by atoms with Crippen molar-refractivity contribution in [2.75, 3.05) is 23.7 Å². The van der Waals surface area contributed by atoms with Crippen LogP contribution in [0.3, 0.4) is 0 Å². The summed E-state index contributed by atoms with van der Waals surface area (Å²) in [6.45, 7) is 3.26. The molecule has 0 saturated carbocycles. The van der Waals surface area contributed by atoms with E-state index in [1.807, 2.05) is 6.92 Å². The minimum Gasteiger partial charge on any atom is -0.465 e. The Bertz CT molecular complexity index is 670. The Labute approximate surface area is 124 Å². The molecule has 21 heavy (non-hydrogen) atoms. The molecule has 0 aliphatic rings. The standard InChI is InChI=1S/C14H17NO5S/c1-3-20-14(17)10-21(18,19)15-13-7-6-11(2)12(9-13)5-4-8-16/h6-7,9,15-16H,3,8,10H2,1-2H3. The Morgan fingerprint density at radius 3 is 2.76 bits per heavy atom. The third-order valence-electron chi connectivity index (χ3n) is 2.43. The van der Waals surface area contributed by atoms with Crippen molar-refractivity contribution in [2.24, 2.45) is 0 Å². The summed E-state index contributed by atoms with van der Waals surface area (Å²) in [6.07, 6.45) is 0. The summed E-state index contributed by atoms with van der Waals surface area (Å²) in [4.78, 5) is 11.2. The molecule has 0 bridgehead atoms. The highest BCUT2D eigenvalue weighted by atomic mass is 32.2. The lowest BCUT2D eigenvalue weighted by Crippen LogP contribution is -2.24. The van der Waals surface area contributed by atoms with Gasteiger partial charge >= 0.3 is 5.97 Å². The van der Waals surface area contributed by atoms with E-state index in [2.05, 4.69) is 21.3 Å². The number of esters is 1. The van der Waals surface area contributed by atoms with Gasteiger partial charge in [0, 0.05) is 11.3 Å². The molecule has 0 spiro atoms. The van der Waals surface area contributed by atoms with Crippen LogP contribution < -0.4 is 4.72 Å². The average Bonchev–Trinajstić information content (AvgIpc) is 2.38. The number of ether oxygens (including phenoxy) is 1. The van der Waals surface area contributed by atoms with E-state index < -0.39 is 21.7 Å². The van der Waals surface area contributed by atoms with E-state index in [9.17, 15) is 13.2 Å². The van der Waals surface area contributed by atoms with E-state index in [-0.39, 0.29) is 13.2 Å². The maximum atomic E-state index is 11.8. The lowest BCUT2D eigenvalue weighted by atomic mass is 10.1. The maximum absolute atomic E-state index is 11.8. The molecular weight excluding hydrogens is 294 g/mol. The third-order valence-corrected chi connectivity index (χ3v) is 3.59. The van der Waals surface area contributed by atoms with Crippen LogP contribution in [0.5, 0.6) is 0 Å². The quantitative estimate of drug-likeness (QED) is 0.615. The van der Waals surface area contributed by atoms with Crippen molar-refractivity contribution >= 4 is 21.7 Å². The fraction of sp³-hybridized carbons (Fsp3) is 0.357. The Kier molecular flexibility index (Phi) is 6.21. The van der Waals surface area contributed by atoms with Gasteiger partial charge in [0.15, 0.2) is 5.75 Å². The molecule has 0 heterocycles. The van der Waals surface area contributed by atoms with Crippen LogP contribution in [0.2, 0.25) is 0 Å². The van der Waals surface area contributed by atoms with E-state index in [1.165, 1.54) is 0 Å². The molecule has 0 aliphatic heterocycles. The van der Waals surface area contributed by atoms with Gasteiger partial charge in [-0.15, -0.1) is 0 Å². The van der Waals surface area contributed by atoms with Crippen LogP contribution >= 0.6 is 0 Å². The summed E-state index contributed by atoms with van der Waals surface area (Å²) in [5, 5.41) is 8.69. The highest BCUT2D eigenvalue weighted by molar-refractivity contribution is 7.93. The molecule has 0 unspecified atom stereocenters. The number of carbonyl (C=O) groups is 1. The molecule has 0 fully saturated rings. The molecule has 1 aromatic rings. The summed E-state index contributed by atoms with van der Waals surface area (Å²) >= 11 is 0. The van der Waals surface area contributed by atoms with Crippen molar-refractivity contribution < 1.29 is 23.1 Å². The number of aliphatic hydroxyl groups is 1. The molecule has 0 aliphatic carbocycles. The number of nitrogens with one attached hydrogen (secondary N) is 1. The molecule has 1 rings (SSSR count). The fourth-order valence-corrected chi connectivity index (χ4v) is 2.48. The predicted octanol–water partition coefficient (Wildman–Crippen LogP) is 0.644. The van der Waals surface area contributed by atoms with Crippen molar-refractivity contribution in [3.8, 4) is 11.8 Å². The third kappa shape index (κ3) is 5.85. The summed E-state index contributed by atoms with van der Waals surface area (Å²) in [5.74, 6) is 3.67. The van der Waals surface area contributed by atoms with Gasteiger partial charge in [0.05, 0.1) is 6.61 Å². The molecule has 7 heteroatoms. The molecule has 0 amide bonds. The molecule has 0 radical (unpaired) electrons. The molecule has 6 nitrogen and oxygen atoms in total. The number of aliphatic hydroxyl groups excluding tert-OH is 1. The minimum absolute atomic E-state index is 0.125. The minimum atomic E-state index is -3.83. The van der Waals surface area contributed by atoms with Crippen LogP contribution in [0.4, 0.5) is 5.69 Å². The topological polar surface area (TPSA) is 92.7 Å². The van der Waals surface area contributed by atoms with Gasteiger partial charge in [0.25, 0.3) is 0 Å². The van der Waals surface area contributed by atoms with Crippen molar-refractivity contribution in [2.45, 2.75) is 13.8 Å². The summed E-state index contributed by atoms with van der Waals surface area (Å²) in [7, 11) is -3.83. The van der Waals surface area contributed by atoms with E-state index >= 15 is 0 Å². The molecule has 1 aromatic carbocycles. The van der Waals surface area contributed by atoms with Gasteiger partial charge in [0.1, 0.15) is 6.61 Å². The van der Waals surface area contributed by atoms with Gasteiger partial charge in [-0.2, -0.15) is 0 Å². The van der Waals surface area contributed by atoms with Crippen LogP contribution in [0.15, 0.2) is 18.2 Å². The van der Waals surface area contributed by atoms with Crippen LogP contribution in [0.1, 0.15) is 18.1 Å². The van der Waals surface area contributed by atoms with Gasteiger partial charge in [-0.25, -0.2) is 8.42 Å². The highest BCUT2D eigenvalue weighted by Gasteiger charge is 2.17. The fourth-order valence-electron chi connectivity index (χ4n) is 1.53. The number of sulfonamides is 1. The molecule has 0 saturated heterocycles. The normalized spacial score (nSPS) is 10.4. The van der Waals surface area contributed by atoms with Crippen LogP contribution in [0, 0.1) is 18.8 Å².